The summed E-state index contributed by atoms with van der Waals surface area (Å²) in [5.74, 6) is -4.14. The van der Waals surface area contributed by atoms with Crippen LogP contribution in [0.4, 0.5) is 0 Å². The first kappa shape index (κ1) is 30.6. The number of aliphatic carboxylic acids is 1. The van der Waals surface area contributed by atoms with E-state index in [9.17, 15) is 24.0 Å². The quantitative estimate of drug-likeness (QED) is 0.0613. The molecule has 0 aliphatic carbocycles. The highest BCUT2D eigenvalue weighted by Gasteiger charge is 2.29. The van der Waals surface area contributed by atoms with Crippen LogP contribution in [0.15, 0.2) is 35.5 Å². The van der Waals surface area contributed by atoms with Crippen LogP contribution in [0.1, 0.15) is 31.2 Å². The highest BCUT2D eigenvalue weighted by Crippen LogP contribution is 2.19. The fraction of sp³-hybridized carbons (Fsp3) is 0.417. The summed E-state index contributed by atoms with van der Waals surface area (Å²) in [6, 6.07) is 3.96. The van der Waals surface area contributed by atoms with Gasteiger partial charge >= 0.3 is 5.97 Å². The summed E-state index contributed by atoms with van der Waals surface area (Å²) in [6.07, 6.45) is 1.99. The second kappa shape index (κ2) is 14.9. The van der Waals surface area contributed by atoms with Crippen molar-refractivity contribution in [1.82, 2.24) is 20.9 Å². The van der Waals surface area contributed by atoms with Gasteiger partial charge in [-0.1, -0.05) is 18.2 Å². The van der Waals surface area contributed by atoms with E-state index < -0.39 is 54.3 Å². The molecule has 0 saturated carbocycles. The van der Waals surface area contributed by atoms with E-state index in [0.29, 0.717) is 6.42 Å². The largest absolute Gasteiger partial charge is 0.480 e. The average Bonchev–Trinajstić information content (AvgIpc) is 3.29. The number of hydrogen-bond acceptors (Lipinski definition) is 7. The van der Waals surface area contributed by atoms with E-state index in [2.05, 4.69) is 25.9 Å². The third kappa shape index (κ3) is 10.3. The van der Waals surface area contributed by atoms with Gasteiger partial charge in [-0.15, -0.1) is 0 Å². The Morgan fingerprint density at radius 1 is 0.949 bits per heavy atom. The number of hydrogen-bond donors (Lipinski definition) is 9. The number of carboxylic acids is 1. The molecule has 0 aliphatic heterocycles. The molecule has 15 nitrogen and oxygen atoms in total. The number of aromatic amines is 1. The van der Waals surface area contributed by atoms with Crippen molar-refractivity contribution >= 4 is 46.5 Å². The first-order valence-corrected chi connectivity index (χ1v) is 12.2. The molecular weight excluding hydrogens is 510 g/mol. The molecule has 2 rings (SSSR count). The van der Waals surface area contributed by atoms with Crippen LogP contribution in [0.5, 0.6) is 0 Å². The Morgan fingerprint density at radius 3 is 2.31 bits per heavy atom. The fourth-order valence-corrected chi connectivity index (χ4v) is 3.77. The van der Waals surface area contributed by atoms with Crippen molar-refractivity contribution in [2.45, 2.75) is 50.2 Å². The number of guanidine groups is 1. The molecule has 15 heteroatoms. The van der Waals surface area contributed by atoms with Crippen LogP contribution in [0, 0.1) is 0 Å². The van der Waals surface area contributed by atoms with Crippen molar-refractivity contribution in [2.24, 2.45) is 27.9 Å². The van der Waals surface area contributed by atoms with Gasteiger partial charge in [-0.05, 0) is 30.9 Å². The van der Waals surface area contributed by atoms with E-state index >= 15 is 0 Å². The molecule has 2 aromatic rings. The number of carboxylic acid groups (broad SMARTS) is 1. The Kier molecular flexibility index (Phi) is 11.7. The molecule has 39 heavy (non-hydrogen) atoms. The first-order chi connectivity index (χ1) is 18.5. The number of amides is 4. The number of para-hydroxylation sites is 1. The Hall–Kier alpha value is -4.66. The number of carbonyl (C=O) groups excluding carboxylic acids is 4. The maximum Gasteiger partial charge on any atom is 0.322 e. The average molecular weight is 546 g/mol. The molecule has 1 aromatic heterocycles. The topological polar surface area (TPSA) is 274 Å². The summed E-state index contributed by atoms with van der Waals surface area (Å²) in [4.78, 5) is 67.8. The molecular formula is C24H35N9O6. The van der Waals surface area contributed by atoms with Crippen LogP contribution in [-0.4, -0.2) is 76.9 Å². The molecule has 0 fully saturated rings. The van der Waals surface area contributed by atoms with Gasteiger partial charge in [0.25, 0.3) is 0 Å². The predicted molar refractivity (Wildman–Crippen MR) is 143 cm³/mol. The molecule has 13 N–H and O–H groups in total. The molecule has 4 amide bonds. The van der Waals surface area contributed by atoms with E-state index in [0.717, 1.165) is 16.5 Å². The van der Waals surface area contributed by atoms with Crippen molar-refractivity contribution < 1.29 is 29.1 Å². The molecule has 0 aliphatic rings. The number of fused-ring (bicyclic) bond motifs is 1. The predicted octanol–water partition coefficient (Wildman–Crippen LogP) is -2.47. The summed E-state index contributed by atoms with van der Waals surface area (Å²) in [5, 5.41) is 17.2. The number of nitrogens with two attached hydrogens (primary N) is 4. The SMILES string of the molecule is NC(=O)CCC(N)C(=O)NC(Cc1c[nH]c2ccccc12)C(=O)NC(CCCN=C(N)N)C(=O)NCC(=O)O. The van der Waals surface area contributed by atoms with Crippen LogP contribution < -0.4 is 38.9 Å². The van der Waals surface area contributed by atoms with Crippen LogP contribution in [0.25, 0.3) is 10.9 Å². The molecule has 0 bridgehead atoms. The molecule has 3 atom stereocenters. The van der Waals surface area contributed by atoms with Crippen molar-refractivity contribution in [3.05, 3.63) is 36.0 Å². The molecule has 1 heterocycles. The van der Waals surface area contributed by atoms with Gasteiger partial charge in [-0.2, -0.15) is 0 Å². The Morgan fingerprint density at radius 2 is 1.64 bits per heavy atom. The van der Waals surface area contributed by atoms with Crippen molar-refractivity contribution in [3.8, 4) is 0 Å². The van der Waals surface area contributed by atoms with Crippen LogP contribution >= 0.6 is 0 Å². The minimum absolute atomic E-state index is 0.0202. The normalized spacial score (nSPS) is 13.1. The summed E-state index contributed by atoms with van der Waals surface area (Å²) < 4.78 is 0. The highest BCUT2D eigenvalue weighted by atomic mass is 16.4. The third-order valence-electron chi connectivity index (χ3n) is 5.76. The number of aromatic nitrogens is 1. The summed E-state index contributed by atoms with van der Waals surface area (Å²) in [6.45, 7) is -0.478. The highest BCUT2D eigenvalue weighted by molar-refractivity contribution is 5.94. The Balaban J connectivity index is 2.25. The van der Waals surface area contributed by atoms with Crippen LogP contribution in [0.2, 0.25) is 0 Å². The van der Waals surface area contributed by atoms with Crippen molar-refractivity contribution in [3.63, 3.8) is 0 Å². The van der Waals surface area contributed by atoms with Gasteiger partial charge in [0.1, 0.15) is 18.6 Å². The summed E-state index contributed by atoms with van der Waals surface area (Å²) in [5.41, 5.74) is 23.2. The van der Waals surface area contributed by atoms with Gasteiger partial charge in [-0.25, -0.2) is 0 Å². The zero-order valence-electron chi connectivity index (χ0n) is 21.3. The molecule has 1 aromatic carbocycles. The number of nitrogens with zero attached hydrogens (tertiary/aromatic N) is 1. The van der Waals surface area contributed by atoms with E-state index in [4.69, 9.17) is 28.0 Å². The second-order valence-electron chi connectivity index (χ2n) is 8.86. The summed E-state index contributed by atoms with van der Waals surface area (Å²) >= 11 is 0. The Bertz CT molecular complexity index is 1210. The van der Waals surface area contributed by atoms with Gasteiger partial charge in [-0.3, -0.25) is 29.0 Å². The lowest BCUT2D eigenvalue weighted by Gasteiger charge is -2.24. The molecule has 0 radical (unpaired) electrons. The zero-order valence-corrected chi connectivity index (χ0v) is 21.3. The first-order valence-electron chi connectivity index (χ1n) is 12.2. The van der Waals surface area contributed by atoms with Gasteiger partial charge in [0.2, 0.25) is 23.6 Å². The number of nitrogens with one attached hydrogen (secondary N) is 4. The number of H-pyrrole nitrogens is 1. The smallest absolute Gasteiger partial charge is 0.322 e. The fourth-order valence-electron chi connectivity index (χ4n) is 3.77. The van der Waals surface area contributed by atoms with Gasteiger partial charge in [0.15, 0.2) is 5.96 Å². The maximum absolute atomic E-state index is 13.4. The number of rotatable bonds is 16. The minimum Gasteiger partial charge on any atom is -0.480 e. The van der Waals surface area contributed by atoms with Gasteiger partial charge < -0.3 is 49.0 Å². The van der Waals surface area contributed by atoms with E-state index in [1.54, 1.807) is 6.20 Å². The van der Waals surface area contributed by atoms with Crippen LogP contribution in [0.3, 0.4) is 0 Å². The van der Waals surface area contributed by atoms with E-state index in [-0.39, 0.29) is 38.2 Å². The Labute approximate surface area is 224 Å². The second-order valence-corrected chi connectivity index (χ2v) is 8.86. The molecule has 212 valence electrons. The van der Waals surface area contributed by atoms with Crippen molar-refractivity contribution in [2.75, 3.05) is 13.1 Å². The van der Waals surface area contributed by atoms with Crippen LogP contribution in [-0.2, 0) is 30.4 Å². The molecule has 0 saturated heterocycles. The minimum atomic E-state index is -1.26. The van der Waals surface area contributed by atoms with E-state index in [1.807, 2.05) is 24.3 Å². The molecule has 0 spiro atoms. The lowest BCUT2D eigenvalue weighted by Crippen LogP contribution is -2.56. The number of primary amides is 1. The van der Waals surface area contributed by atoms with Crippen molar-refractivity contribution in [1.29, 1.82) is 0 Å². The lowest BCUT2D eigenvalue weighted by molar-refractivity contribution is -0.138. The monoisotopic (exact) mass is 545 g/mol. The maximum atomic E-state index is 13.4. The van der Waals surface area contributed by atoms with E-state index in [1.165, 1.54) is 0 Å². The third-order valence-corrected chi connectivity index (χ3v) is 5.76. The molecule has 3 unspecified atom stereocenters. The zero-order chi connectivity index (χ0) is 28.9. The number of benzene rings is 1. The summed E-state index contributed by atoms with van der Waals surface area (Å²) in [7, 11) is 0. The lowest BCUT2D eigenvalue weighted by atomic mass is 10.0. The van der Waals surface area contributed by atoms with Gasteiger partial charge in [0.05, 0.1) is 6.04 Å². The van der Waals surface area contributed by atoms with Gasteiger partial charge in [0, 0.05) is 36.5 Å². The standard InChI is InChI=1S/C24H35N9O6/c25-15(7-8-19(26)34)21(37)33-18(10-13-11-30-16-5-2-1-4-14(13)16)23(39)32-17(6-3-9-29-24(27)28)22(38)31-12-20(35)36/h1-2,4-5,11,15,17-18,30H,3,6-10,12,25H2,(H2,26,34)(H,31,38)(H,32,39)(H,33,37)(H,35,36)(H4,27,28,29). The number of aliphatic imine (C=N–C) groups is 1. The number of carbonyl (C=O) groups is 5.